The van der Waals surface area contributed by atoms with Gasteiger partial charge in [-0.1, -0.05) is 23.7 Å². The number of anilines is 1. The Balaban J connectivity index is 2.41. The van der Waals surface area contributed by atoms with Gasteiger partial charge in [0, 0.05) is 6.42 Å². The molecule has 0 aliphatic rings. The fourth-order valence-electron chi connectivity index (χ4n) is 1.95. The van der Waals surface area contributed by atoms with E-state index in [0.717, 1.165) is 0 Å². The van der Waals surface area contributed by atoms with Crippen LogP contribution in [0.5, 0.6) is 0 Å². The Morgan fingerprint density at radius 1 is 1.35 bits per heavy atom. The fraction of sp³-hybridized carbons (Fsp3) is 0.500. The zero-order valence-corrected chi connectivity index (χ0v) is 14.1. The Labute approximate surface area is 141 Å². The highest BCUT2D eigenvalue weighted by molar-refractivity contribution is 6.33. The molecule has 23 heavy (non-hydrogen) atoms. The normalized spacial score (nSPS) is 12.2. The van der Waals surface area contributed by atoms with E-state index in [9.17, 15) is 14.7 Å². The number of para-hydroxylation sites is 1. The molecule has 0 bridgehead atoms. The average molecular weight is 343 g/mol. The summed E-state index contributed by atoms with van der Waals surface area (Å²) in [7, 11) is 0. The third-order valence-corrected chi connectivity index (χ3v) is 3.44. The fourth-order valence-corrected chi connectivity index (χ4v) is 2.13. The van der Waals surface area contributed by atoms with Gasteiger partial charge in [0.2, 0.25) is 5.91 Å². The number of benzene rings is 1. The van der Waals surface area contributed by atoms with Crippen LogP contribution in [0.2, 0.25) is 5.02 Å². The summed E-state index contributed by atoms with van der Waals surface area (Å²) in [4.78, 5) is 23.1. The number of halogens is 1. The molecule has 0 aromatic heterocycles. The van der Waals surface area contributed by atoms with Crippen molar-refractivity contribution in [2.24, 2.45) is 0 Å². The number of carboxylic acids is 1. The zero-order chi connectivity index (χ0) is 17.2. The van der Waals surface area contributed by atoms with Crippen molar-refractivity contribution < 1.29 is 24.7 Å². The van der Waals surface area contributed by atoms with Gasteiger partial charge < -0.3 is 25.3 Å². The molecule has 0 saturated heterocycles. The summed E-state index contributed by atoms with van der Waals surface area (Å²) < 4.78 is 5.38. The molecule has 1 atom stereocenters. The third-order valence-electron chi connectivity index (χ3n) is 3.11. The van der Waals surface area contributed by atoms with Crippen LogP contribution >= 0.6 is 11.6 Å². The van der Waals surface area contributed by atoms with Crippen LogP contribution in [0.1, 0.15) is 26.7 Å². The van der Waals surface area contributed by atoms with E-state index in [1.165, 1.54) is 0 Å². The van der Waals surface area contributed by atoms with Gasteiger partial charge in [0.05, 0.1) is 42.4 Å². The van der Waals surface area contributed by atoms with Crippen molar-refractivity contribution in [1.29, 1.82) is 0 Å². The van der Waals surface area contributed by atoms with Crippen LogP contribution in [-0.2, 0) is 14.3 Å². The molecule has 0 saturated carbocycles. The smallest absolute Gasteiger partial charge is 0.230 e. The topological polar surface area (TPSA) is 95.1 Å². The molecular weight excluding hydrogens is 320 g/mol. The molecule has 0 aliphatic carbocycles. The Bertz CT molecular complexity index is 523. The minimum atomic E-state index is -1.26. The molecule has 7 heteroatoms. The molecule has 1 rings (SSSR count). The largest absolute Gasteiger partial charge is 0.544 e. The van der Waals surface area contributed by atoms with Gasteiger partial charge in [0.1, 0.15) is 6.04 Å². The van der Waals surface area contributed by atoms with E-state index in [2.05, 4.69) is 5.32 Å². The summed E-state index contributed by atoms with van der Waals surface area (Å²) in [5, 5.41) is 15.7. The lowest BCUT2D eigenvalue weighted by molar-refractivity contribution is -0.682. The second kappa shape index (κ2) is 10.2. The SMILES string of the molecule is CC(C)OCCC[NH2+][C@H](CC(=O)Nc1ccccc1Cl)C(=O)[O-]. The van der Waals surface area contributed by atoms with Crippen molar-refractivity contribution in [2.75, 3.05) is 18.5 Å². The lowest BCUT2D eigenvalue weighted by Crippen LogP contribution is -2.93. The molecule has 0 heterocycles. The number of hydrogen-bond donors (Lipinski definition) is 2. The molecule has 0 unspecified atom stereocenters. The number of nitrogens with two attached hydrogens (primary N) is 1. The van der Waals surface area contributed by atoms with Crippen LogP contribution in [0.25, 0.3) is 0 Å². The number of carboxylic acid groups (broad SMARTS) is 1. The van der Waals surface area contributed by atoms with Gasteiger partial charge in [-0.2, -0.15) is 0 Å². The molecule has 1 amide bonds. The number of carbonyl (C=O) groups excluding carboxylic acids is 2. The first kappa shape index (κ1) is 19.4. The Morgan fingerprint density at radius 3 is 2.65 bits per heavy atom. The number of hydrogen-bond acceptors (Lipinski definition) is 4. The van der Waals surface area contributed by atoms with Gasteiger partial charge in [-0.05, 0) is 26.0 Å². The maximum absolute atomic E-state index is 12.0. The Kier molecular flexibility index (Phi) is 8.61. The number of nitrogens with one attached hydrogen (secondary N) is 1. The molecule has 3 N–H and O–H groups in total. The van der Waals surface area contributed by atoms with Crippen molar-refractivity contribution in [3.63, 3.8) is 0 Å². The van der Waals surface area contributed by atoms with Crippen LogP contribution in [0.4, 0.5) is 5.69 Å². The van der Waals surface area contributed by atoms with Gasteiger partial charge in [-0.25, -0.2) is 0 Å². The first-order chi connectivity index (χ1) is 10.9. The summed E-state index contributed by atoms with van der Waals surface area (Å²) in [6.45, 7) is 4.98. The van der Waals surface area contributed by atoms with E-state index in [0.29, 0.717) is 30.3 Å². The van der Waals surface area contributed by atoms with Gasteiger partial charge in [0.25, 0.3) is 0 Å². The van der Waals surface area contributed by atoms with E-state index < -0.39 is 17.9 Å². The molecule has 0 aliphatic heterocycles. The van der Waals surface area contributed by atoms with Crippen molar-refractivity contribution in [3.8, 4) is 0 Å². The van der Waals surface area contributed by atoms with E-state index in [1.807, 2.05) is 13.8 Å². The van der Waals surface area contributed by atoms with E-state index in [1.54, 1.807) is 29.6 Å². The summed E-state index contributed by atoms with van der Waals surface area (Å²) in [6.07, 6.45) is 0.667. The summed E-state index contributed by atoms with van der Waals surface area (Å²) in [6, 6.07) is 5.85. The predicted molar refractivity (Wildman–Crippen MR) is 86.0 cm³/mol. The number of aliphatic carboxylic acids is 1. The van der Waals surface area contributed by atoms with E-state index in [4.69, 9.17) is 16.3 Å². The number of quaternary nitrogens is 1. The average Bonchev–Trinajstić information content (AvgIpc) is 2.47. The van der Waals surface area contributed by atoms with E-state index >= 15 is 0 Å². The zero-order valence-electron chi connectivity index (χ0n) is 13.4. The molecule has 128 valence electrons. The van der Waals surface area contributed by atoms with Crippen LogP contribution in [0, 0.1) is 0 Å². The summed E-state index contributed by atoms with van der Waals surface area (Å²) in [5.74, 6) is -1.67. The van der Waals surface area contributed by atoms with Crippen molar-refractivity contribution >= 4 is 29.2 Å². The molecule has 6 nitrogen and oxygen atoms in total. The van der Waals surface area contributed by atoms with Gasteiger partial charge in [-0.3, -0.25) is 4.79 Å². The lowest BCUT2D eigenvalue weighted by atomic mass is 10.2. The number of ether oxygens (including phenoxy) is 1. The lowest BCUT2D eigenvalue weighted by Gasteiger charge is -2.17. The summed E-state index contributed by atoms with van der Waals surface area (Å²) in [5.41, 5.74) is 0.460. The molecule has 1 aromatic rings. The van der Waals surface area contributed by atoms with Crippen LogP contribution < -0.4 is 15.7 Å². The summed E-state index contributed by atoms with van der Waals surface area (Å²) >= 11 is 5.95. The molecular formula is C16H23ClN2O4. The highest BCUT2D eigenvalue weighted by Gasteiger charge is 2.18. The van der Waals surface area contributed by atoms with Crippen molar-refractivity contribution in [2.45, 2.75) is 38.8 Å². The van der Waals surface area contributed by atoms with Crippen molar-refractivity contribution in [3.05, 3.63) is 29.3 Å². The molecule has 0 radical (unpaired) electrons. The second-order valence-electron chi connectivity index (χ2n) is 5.46. The molecule has 1 aromatic carbocycles. The monoisotopic (exact) mass is 342 g/mol. The van der Waals surface area contributed by atoms with Crippen LogP contribution in [0.15, 0.2) is 24.3 Å². The number of rotatable bonds is 10. The van der Waals surface area contributed by atoms with Crippen molar-refractivity contribution in [1.82, 2.24) is 0 Å². The first-order valence-electron chi connectivity index (χ1n) is 7.60. The Hall–Kier alpha value is -1.63. The van der Waals surface area contributed by atoms with Gasteiger partial charge >= 0.3 is 0 Å². The quantitative estimate of drug-likeness (QED) is 0.592. The van der Waals surface area contributed by atoms with Gasteiger partial charge in [0.15, 0.2) is 0 Å². The van der Waals surface area contributed by atoms with Crippen LogP contribution in [-0.4, -0.2) is 37.2 Å². The maximum atomic E-state index is 12.0. The Morgan fingerprint density at radius 2 is 2.04 bits per heavy atom. The highest BCUT2D eigenvalue weighted by Crippen LogP contribution is 2.20. The van der Waals surface area contributed by atoms with E-state index in [-0.39, 0.29) is 12.5 Å². The highest BCUT2D eigenvalue weighted by atomic mass is 35.5. The third kappa shape index (κ3) is 7.97. The molecule has 0 spiro atoms. The van der Waals surface area contributed by atoms with Gasteiger partial charge in [-0.15, -0.1) is 0 Å². The minimum absolute atomic E-state index is 0.147. The second-order valence-corrected chi connectivity index (χ2v) is 5.86. The molecule has 0 fully saturated rings. The standard InChI is InChI=1S/C16H23ClN2O4/c1-11(2)23-9-5-8-18-14(16(21)22)10-15(20)19-13-7-4-3-6-12(13)17/h3-4,6-7,11,14,18H,5,8-10H2,1-2H3,(H,19,20)(H,21,22)/t14-/m1/s1. The van der Waals surface area contributed by atoms with Crippen LogP contribution in [0.3, 0.4) is 0 Å². The minimum Gasteiger partial charge on any atom is -0.544 e. The first-order valence-corrected chi connectivity index (χ1v) is 7.98. The maximum Gasteiger partial charge on any atom is 0.230 e. The number of amides is 1. The predicted octanol–water partition coefficient (Wildman–Crippen LogP) is 0.166. The number of carbonyl (C=O) groups is 2.